The van der Waals surface area contributed by atoms with Crippen molar-refractivity contribution in [2.75, 3.05) is 0 Å². The molecule has 1 amide bonds. The van der Waals surface area contributed by atoms with E-state index >= 15 is 0 Å². The highest BCUT2D eigenvalue weighted by molar-refractivity contribution is 5.65. The van der Waals surface area contributed by atoms with Gasteiger partial charge in [-0.15, -0.1) is 0 Å². The first-order chi connectivity index (χ1) is 8.96. The molecule has 4 heteroatoms. The van der Waals surface area contributed by atoms with Crippen LogP contribution in [0.1, 0.15) is 72.6 Å². The van der Waals surface area contributed by atoms with Gasteiger partial charge in [-0.1, -0.05) is 33.1 Å². The Kier molecular flexibility index (Phi) is 6.11. The standard InChI is InChI=1S/C15H30N2O2/c1-5-10-15(11-6-2,16-14(18)19)17-12(3)8-7-9-13(17)4/h12-13,16H,5-11H2,1-4H3,(H,18,19)/t12-,13+. The van der Waals surface area contributed by atoms with Crippen molar-refractivity contribution in [1.29, 1.82) is 0 Å². The fraction of sp³-hybridized carbons (Fsp3) is 0.933. The summed E-state index contributed by atoms with van der Waals surface area (Å²) in [5.74, 6) is 0. The van der Waals surface area contributed by atoms with Gasteiger partial charge >= 0.3 is 6.09 Å². The Morgan fingerprint density at radius 2 is 1.68 bits per heavy atom. The second kappa shape index (κ2) is 7.13. The summed E-state index contributed by atoms with van der Waals surface area (Å²) in [7, 11) is 0. The molecule has 2 atom stereocenters. The lowest BCUT2D eigenvalue weighted by Gasteiger charge is -2.52. The van der Waals surface area contributed by atoms with E-state index in [9.17, 15) is 9.90 Å². The zero-order chi connectivity index (χ0) is 14.5. The van der Waals surface area contributed by atoms with Crippen LogP contribution < -0.4 is 5.32 Å². The molecule has 4 nitrogen and oxygen atoms in total. The lowest BCUT2D eigenvalue weighted by atomic mass is 9.87. The Bertz CT molecular complexity index is 278. The van der Waals surface area contributed by atoms with Crippen LogP contribution in [0.15, 0.2) is 0 Å². The number of amides is 1. The quantitative estimate of drug-likeness (QED) is 0.771. The molecular weight excluding hydrogens is 240 g/mol. The molecule has 19 heavy (non-hydrogen) atoms. The summed E-state index contributed by atoms with van der Waals surface area (Å²) in [5, 5.41) is 12.1. The van der Waals surface area contributed by atoms with Crippen LogP contribution in [0.2, 0.25) is 0 Å². The number of nitrogens with one attached hydrogen (secondary N) is 1. The van der Waals surface area contributed by atoms with Crippen molar-refractivity contribution in [3.63, 3.8) is 0 Å². The normalized spacial score (nSPS) is 25.3. The van der Waals surface area contributed by atoms with Crippen LogP contribution in [0.4, 0.5) is 4.79 Å². The van der Waals surface area contributed by atoms with E-state index in [1.807, 2.05) is 0 Å². The zero-order valence-electron chi connectivity index (χ0n) is 12.9. The molecule has 1 saturated heterocycles. The van der Waals surface area contributed by atoms with Gasteiger partial charge in [0.2, 0.25) is 0 Å². The van der Waals surface area contributed by atoms with Crippen LogP contribution in [0.5, 0.6) is 0 Å². The molecule has 0 aromatic carbocycles. The van der Waals surface area contributed by atoms with E-state index < -0.39 is 6.09 Å². The third-order valence-electron chi connectivity index (χ3n) is 4.35. The van der Waals surface area contributed by atoms with E-state index in [4.69, 9.17) is 0 Å². The Morgan fingerprint density at radius 3 is 2.05 bits per heavy atom. The minimum absolute atomic E-state index is 0.380. The van der Waals surface area contributed by atoms with Crippen molar-refractivity contribution in [3.05, 3.63) is 0 Å². The maximum atomic E-state index is 11.3. The SMILES string of the molecule is CCCC(CCC)(NC(=O)O)N1[C@H](C)CCC[C@@H]1C. The maximum Gasteiger partial charge on any atom is 0.406 e. The van der Waals surface area contributed by atoms with Crippen LogP contribution in [0, 0.1) is 0 Å². The highest BCUT2D eigenvalue weighted by Gasteiger charge is 2.42. The number of likely N-dealkylation sites (tertiary alicyclic amines) is 1. The fourth-order valence-electron chi connectivity index (χ4n) is 3.86. The van der Waals surface area contributed by atoms with Crippen molar-refractivity contribution in [2.45, 2.75) is 90.4 Å². The molecule has 0 radical (unpaired) electrons. The van der Waals surface area contributed by atoms with Gasteiger partial charge in [0.25, 0.3) is 0 Å². The molecule has 0 aromatic rings. The number of carboxylic acid groups (broad SMARTS) is 1. The molecule has 1 fully saturated rings. The molecule has 0 aromatic heterocycles. The third kappa shape index (κ3) is 3.85. The predicted molar refractivity (Wildman–Crippen MR) is 78.3 cm³/mol. The molecular formula is C15H30N2O2. The summed E-state index contributed by atoms with van der Waals surface area (Å²) in [6.45, 7) is 8.74. The van der Waals surface area contributed by atoms with Gasteiger partial charge in [-0.05, 0) is 39.5 Å². The molecule has 0 aliphatic carbocycles. The van der Waals surface area contributed by atoms with Gasteiger partial charge in [-0.25, -0.2) is 4.79 Å². The van der Waals surface area contributed by atoms with Gasteiger partial charge in [-0.3, -0.25) is 4.90 Å². The Morgan fingerprint density at radius 1 is 1.21 bits per heavy atom. The van der Waals surface area contributed by atoms with Crippen LogP contribution in [0.25, 0.3) is 0 Å². The zero-order valence-corrected chi connectivity index (χ0v) is 12.9. The summed E-state index contributed by atoms with van der Waals surface area (Å²) >= 11 is 0. The molecule has 1 aliphatic heterocycles. The van der Waals surface area contributed by atoms with E-state index in [-0.39, 0.29) is 5.66 Å². The number of carbonyl (C=O) groups is 1. The van der Waals surface area contributed by atoms with E-state index in [0.717, 1.165) is 25.7 Å². The molecule has 1 aliphatic rings. The molecule has 1 heterocycles. The molecule has 112 valence electrons. The Balaban J connectivity index is 3.05. The molecule has 1 rings (SSSR count). The van der Waals surface area contributed by atoms with Crippen LogP contribution >= 0.6 is 0 Å². The Hall–Kier alpha value is -0.770. The van der Waals surface area contributed by atoms with Crippen molar-refractivity contribution in [2.24, 2.45) is 0 Å². The predicted octanol–water partition coefficient (Wildman–Crippen LogP) is 3.81. The van der Waals surface area contributed by atoms with Crippen LogP contribution in [-0.2, 0) is 0 Å². The molecule has 0 saturated carbocycles. The van der Waals surface area contributed by atoms with Crippen molar-refractivity contribution >= 4 is 6.09 Å². The maximum absolute atomic E-state index is 11.3. The highest BCUT2D eigenvalue weighted by Crippen LogP contribution is 2.34. The van der Waals surface area contributed by atoms with E-state index in [2.05, 4.69) is 37.9 Å². The van der Waals surface area contributed by atoms with E-state index in [1.54, 1.807) is 0 Å². The van der Waals surface area contributed by atoms with Crippen LogP contribution in [0.3, 0.4) is 0 Å². The number of nitrogens with zero attached hydrogens (tertiary/aromatic N) is 1. The summed E-state index contributed by atoms with van der Waals surface area (Å²) in [5.41, 5.74) is -0.380. The summed E-state index contributed by atoms with van der Waals surface area (Å²) < 4.78 is 0. The van der Waals surface area contributed by atoms with Crippen molar-refractivity contribution < 1.29 is 9.90 Å². The summed E-state index contributed by atoms with van der Waals surface area (Å²) in [6, 6.07) is 0.905. The number of hydrogen-bond donors (Lipinski definition) is 2. The second-order valence-corrected chi connectivity index (χ2v) is 6.00. The topological polar surface area (TPSA) is 52.6 Å². The van der Waals surface area contributed by atoms with E-state index in [0.29, 0.717) is 12.1 Å². The smallest absolute Gasteiger partial charge is 0.406 e. The summed E-state index contributed by atoms with van der Waals surface area (Å²) in [4.78, 5) is 13.7. The first-order valence-electron chi connectivity index (χ1n) is 7.76. The molecule has 2 N–H and O–H groups in total. The van der Waals surface area contributed by atoms with Gasteiger partial charge < -0.3 is 10.4 Å². The largest absolute Gasteiger partial charge is 0.465 e. The molecule has 0 bridgehead atoms. The van der Waals surface area contributed by atoms with Gasteiger partial charge in [0.1, 0.15) is 0 Å². The molecule has 0 spiro atoms. The lowest BCUT2D eigenvalue weighted by Crippen LogP contribution is -2.66. The first kappa shape index (κ1) is 16.3. The van der Waals surface area contributed by atoms with E-state index in [1.165, 1.54) is 19.3 Å². The third-order valence-corrected chi connectivity index (χ3v) is 4.35. The minimum atomic E-state index is -0.896. The monoisotopic (exact) mass is 270 g/mol. The lowest BCUT2D eigenvalue weighted by molar-refractivity contribution is -0.0433. The number of rotatable bonds is 6. The first-order valence-corrected chi connectivity index (χ1v) is 7.76. The molecule has 0 unspecified atom stereocenters. The fourth-order valence-corrected chi connectivity index (χ4v) is 3.86. The number of hydrogen-bond acceptors (Lipinski definition) is 2. The van der Waals surface area contributed by atoms with Crippen molar-refractivity contribution in [3.8, 4) is 0 Å². The number of piperidine rings is 1. The van der Waals surface area contributed by atoms with Gasteiger partial charge in [0.05, 0.1) is 5.66 Å². The van der Waals surface area contributed by atoms with Crippen molar-refractivity contribution in [1.82, 2.24) is 10.2 Å². The average molecular weight is 270 g/mol. The van der Waals surface area contributed by atoms with Gasteiger partial charge in [0.15, 0.2) is 0 Å². The second-order valence-electron chi connectivity index (χ2n) is 6.00. The average Bonchev–Trinajstić information content (AvgIpc) is 2.28. The Labute approximate surface area is 117 Å². The van der Waals surface area contributed by atoms with Gasteiger partial charge in [-0.2, -0.15) is 0 Å². The minimum Gasteiger partial charge on any atom is -0.465 e. The highest BCUT2D eigenvalue weighted by atomic mass is 16.4. The summed E-state index contributed by atoms with van der Waals surface area (Å²) in [6.07, 6.45) is 6.46. The van der Waals surface area contributed by atoms with Crippen LogP contribution in [-0.4, -0.2) is 33.8 Å². The van der Waals surface area contributed by atoms with Gasteiger partial charge in [0, 0.05) is 12.1 Å².